The van der Waals surface area contributed by atoms with E-state index in [0.29, 0.717) is 0 Å². The van der Waals surface area contributed by atoms with Crippen molar-refractivity contribution in [2.45, 2.75) is 32.4 Å². The molecule has 20 heavy (non-hydrogen) atoms. The fourth-order valence-corrected chi connectivity index (χ4v) is 2.27. The van der Waals surface area contributed by atoms with Gasteiger partial charge in [0.1, 0.15) is 11.6 Å². The summed E-state index contributed by atoms with van der Waals surface area (Å²) in [6, 6.07) is 7.97. The first-order valence-corrected chi connectivity index (χ1v) is 6.88. The van der Waals surface area contributed by atoms with E-state index in [2.05, 4.69) is 21.9 Å². The van der Waals surface area contributed by atoms with E-state index in [1.54, 1.807) is 7.11 Å². The van der Waals surface area contributed by atoms with Crippen LogP contribution in [0.1, 0.15) is 30.8 Å². The number of hydrogen-bond acceptors (Lipinski definition) is 4. The van der Waals surface area contributed by atoms with Crippen molar-refractivity contribution in [1.82, 2.24) is 15.0 Å². The van der Waals surface area contributed by atoms with E-state index in [0.717, 1.165) is 36.5 Å². The van der Waals surface area contributed by atoms with Crippen LogP contribution >= 0.6 is 0 Å². The third kappa shape index (κ3) is 3.37. The van der Waals surface area contributed by atoms with Crippen LogP contribution < -0.4 is 16.0 Å². The van der Waals surface area contributed by atoms with Crippen LogP contribution in [0.25, 0.3) is 0 Å². The van der Waals surface area contributed by atoms with E-state index >= 15 is 0 Å². The Morgan fingerprint density at radius 1 is 1.35 bits per heavy atom. The van der Waals surface area contributed by atoms with Crippen LogP contribution in [0.3, 0.4) is 0 Å². The molecule has 0 bridgehead atoms. The maximum Gasteiger partial charge on any atom is 0.118 e. The Morgan fingerprint density at radius 2 is 2.10 bits per heavy atom. The van der Waals surface area contributed by atoms with E-state index in [-0.39, 0.29) is 6.04 Å². The van der Waals surface area contributed by atoms with Gasteiger partial charge in [-0.25, -0.2) is 4.98 Å². The molecule has 5 nitrogen and oxygen atoms in total. The van der Waals surface area contributed by atoms with Crippen LogP contribution in [0.5, 0.6) is 5.75 Å². The Hall–Kier alpha value is -1.85. The predicted molar refractivity (Wildman–Crippen MR) is 79.3 cm³/mol. The second kappa shape index (κ2) is 7.07. The minimum absolute atomic E-state index is 0.0407. The number of nitrogens with two attached hydrogens (primary N) is 1. The van der Waals surface area contributed by atoms with Gasteiger partial charge in [-0.3, -0.25) is 11.3 Å². The second-order valence-electron chi connectivity index (χ2n) is 4.73. The first-order chi connectivity index (χ1) is 9.78. The lowest BCUT2D eigenvalue weighted by Crippen LogP contribution is -2.30. The molecule has 0 amide bonds. The molecule has 1 unspecified atom stereocenters. The maximum atomic E-state index is 5.70. The molecule has 0 aliphatic heterocycles. The fraction of sp³-hybridized carbons (Fsp3) is 0.400. The first kappa shape index (κ1) is 14.6. The number of ether oxygens (including phenoxy) is 1. The van der Waals surface area contributed by atoms with Crippen molar-refractivity contribution in [1.29, 1.82) is 0 Å². The molecule has 0 radical (unpaired) electrons. The van der Waals surface area contributed by atoms with Gasteiger partial charge in [-0.05, 0) is 24.1 Å². The molecule has 3 N–H and O–H groups in total. The van der Waals surface area contributed by atoms with Crippen molar-refractivity contribution >= 4 is 0 Å². The number of hydrogen-bond donors (Lipinski definition) is 2. The van der Waals surface area contributed by atoms with Gasteiger partial charge in [0.05, 0.1) is 13.2 Å². The summed E-state index contributed by atoms with van der Waals surface area (Å²) in [5.74, 6) is 7.59. The smallest absolute Gasteiger partial charge is 0.118 e. The molecule has 1 atom stereocenters. The molecule has 0 fully saturated rings. The van der Waals surface area contributed by atoms with Crippen LogP contribution in [0.4, 0.5) is 0 Å². The van der Waals surface area contributed by atoms with Crippen molar-refractivity contribution in [2.75, 3.05) is 7.11 Å². The van der Waals surface area contributed by atoms with Crippen LogP contribution in [0.2, 0.25) is 0 Å². The number of rotatable bonds is 7. The summed E-state index contributed by atoms with van der Waals surface area (Å²) < 4.78 is 7.35. The van der Waals surface area contributed by atoms with Gasteiger partial charge >= 0.3 is 0 Å². The van der Waals surface area contributed by atoms with E-state index < -0.39 is 0 Å². The summed E-state index contributed by atoms with van der Waals surface area (Å²) in [5, 5.41) is 0. The molecular weight excluding hydrogens is 252 g/mol. The van der Waals surface area contributed by atoms with E-state index in [4.69, 9.17) is 10.6 Å². The highest BCUT2D eigenvalue weighted by atomic mass is 16.5. The van der Waals surface area contributed by atoms with Crippen LogP contribution in [0.15, 0.2) is 36.7 Å². The number of aromatic nitrogens is 2. The molecular formula is C15H22N4O. The monoisotopic (exact) mass is 274 g/mol. The van der Waals surface area contributed by atoms with Gasteiger partial charge in [-0.15, -0.1) is 0 Å². The molecule has 0 aliphatic carbocycles. The van der Waals surface area contributed by atoms with Crippen molar-refractivity contribution in [3.05, 3.63) is 48.0 Å². The minimum atomic E-state index is 0.0407. The zero-order chi connectivity index (χ0) is 14.4. The second-order valence-corrected chi connectivity index (χ2v) is 4.73. The third-order valence-corrected chi connectivity index (χ3v) is 3.37. The molecule has 1 heterocycles. The third-order valence-electron chi connectivity index (χ3n) is 3.37. The summed E-state index contributed by atoms with van der Waals surface area (Å²) >= 11 is 0. The van der Waals surface area contributed by atoms with Gasteiger partial charge in [0.2, 0.25) is 0 Å². The molecule has 1 aromatic heterocycles. The van der Waals surface area contributed by atoms with E-state index in [9.17, 15) is 0 Å². The number of nitrogens with zero attached hydrogens (tertiary/aromatic N) is 2. The Morgan fingerprint density at radius 3 is 2.70 bits per heavy atom. The van der Waals surface area contributed by atoms with E-state index in [1.807, 2.05) is 36.7 Å². The Balaban J connectivity index is 2.13. The summed E-state index contributed by atoms with van der Waals surface area (Å²) in [6.07, 6.45) is 5.70. The highest BCUT2D eigenvalue weighted by Crippen LogP contribution is 2.20. The largest absolute Gasteiger partial charge is 0.497 e. The fourth-order valence-electron chi connectivity index (χ4n) is 2.27. The average Bonchev–Trinajstić information content (AvgIpc) is 2.92. The molecule has 2 rings (SSSR count). The lowest BCUT2D eigenvalue weighted by molar-refractivity contribution is 0.414. The molecule has 2 aromatic rings. The summed E-state index contributed by atoms with van der Waals surface area (Å²) in [5.41, 5.74) is 3.99. The van der Waals surface area contributed by atoms with Crippen molar-refractivity contribution in [2.24, 2.45) is 5.84 Å². The molecule has 0 saturated heterocycles. The number of methoxy groups -OCH3 is 1. The number of nitrogens with one attached hydrogen (secondary N) is 1. The SMILES string of the molecule is CCCn1ccnc1CC(NN)c1ccc(OC)cc1. The first-order valence-electron chi connectivity index (χ1n) is 6.88. The molecule has 5 heteroatoms. The molecule has 0 saturated carbocycles. The highest BCUT2D eigenvalue weighted by molar-refractivity contribution is 5.29. The predicted octanol–water partition coefficient (Wildman–Crippen LogP) is 2.05. The lowest BCUT2D eigenvalue weighted by atomic mass is 10.0. The minimum Gasteiger partial charge on any atom is -0.497 e. The zero-order valence-electron chi connectivity index (χ0n) is 12.0. The van der Waals surface area contributed by atoms with Crippen LogP contribution in [-0.4, -0.2) is 16.7 Å². The van der Waals surface area contributed by atoms with Crippen molar-refractivity contribution < 1.29 is 4.74 Å². The van der Waals surface area contributed by atoms with Gasteiger partial charge < -0.3 is 9.30 Å². The number of hydrazine groups is 1. The van der Waals surface area contributed by atoms with Crippen molar-refractivity contribution in [3.8, 4) is 5.75 Å². The number of aryl methyl sites for hydroxylation is 1. The van der Waals surface area contributed by atoms with Crippen LogP contribution in [0, 0.1) is 0 Å². The summed E-state index contributed by atoms with van der Waals surface area (Å²) in [7, 11) is 1.66. The quantitative estimate of drug-likeness (QED) is 0.599. The van der Waals surface area contributed by atoms with E-state index in [1.165, 1.54) is 0 Å². The Labute approximate surface area is 119 Å². The Bertz CT molecular complexity index is 521. The Kier molecular flexibility index (Phi) is 5.15. The van der Waals surface area contributed by atoms with Gasteiger partial charge in [0, 0.05) is 25.4 Å². The average molecular weight is 274 g/mol. The van der Waals surface area contributed by atoms with Crippen LogP contribution in [-0.2, 0) is 13.0 Å². The van der Waals surface area contributed by atoms with Gasteiger partial charge in [-0.1, -0.05) is 19.1 Å². The summed E-state index contributed by atoms with van der Waals surface area (Å²) in [6.45, 7) is 3.14. The number of imidazole rings is 1. The molecule has 1 aromatic carbocycles. The molecule has 0 spiro atoms. The van der Waals surface area contributed by atoms with Crippen molar-refractivity contribution in [3.63, 3.8) is 0 Å². The maximum absolute atomic E-state index is 5.70. The van der Waals surface area contributed by atoms with Gasteiger partial charge in [-0.2, -0.15) is 0 Å². The standard InChI is InChI=1S/C15H22N4O/c1-3-9-19-10-8-17-15(19)11-14(18-16)12-4-6-13(20-2)7-5-12/h4-8,10,14,18H,3,9,11,16H2,1-2H3. The zero-order valence-corrected chi connectivity index (χ0v) is 12.0. The normalized spacial score (nSPS) is 12.3. The highest BCUT2D eigenvalue weighted by Gasteiger charge is 2.14. The number of benzene rings is 1. The van der Waals surface area contributed by atoms with Gasteiger partial charge in [0.15, 0.2) is 0 Å². The summed E-state index contributed by atoms with van der Waals surface area (Å²) in [4.78, 5) is 4.42. The van der Waals surface area contributed by atoms with Gasteiger partial charge in [0.25, 0.3) is 0 Å². The molecule has 0 aliphatic rings. The topological polar surface area (TPSA) is 65.1 Å². The molecule has 108 valence electrons. The lowest BCUT2D eigenvalue weighted by Gasteiger charge is -2.17.